The molecule has 0 aliphatic rings. The average Bonchev–Trinajstić information content (AvgIpc) is 2.65. The molecule has 0 atom stereocenters. The zero-order chi connectivity index (χ0) is 21.3. The maximum absolute atomic E-state index is 12.2. The van der Waals surface area contributed by atoms with Crippen LogP contribution >= 0.6 is 0 Å². The van der Waals surface area contributed by atoms with Crippen molar-refractivity contribution >= 4 is 27.7 Å². The highest BCUT2D eigenvalue weighted by Crippen LogP contribution is 2.29. The predicted molar refractivity (Wildman–Crippen MR) is 114 cm³/mol. The fraction of sp³-hybridized carbons (Fsp3) is 0.286. The lowest BCUT2D eigenvalue weighted by molar-refractivity contribution is -0.111. The van der Waals surface area contributed by atoms with Crippen molar-refractivity contribution in [1.29, 1.82) is 0 Å². The van der Waals surface area contributed by atoms with Gasteiger partial charge in [-0.3, -0.25) is 4.79 Å². The van der Waals surface area contributed by atoms with Crippen LogP contribution in [0.3, 0.4) is 0 Å². The molecule has 29 heavy (non-hydrogen) atoms. The lowest BCUT2D eigenvalue weighted by atomic mass is 10.2. The first kappa shape index (κ1) is 22.4. The minimum atomic E-state index is -3.64. The van der Waals surface area contributed by atoms with Crippen molar-refractivity contribution in [3.05, 3.63) is 59.7 Å². The first-order valence-electron chi connectivity index (χ1n) is 9.29. The summed E-state index contributed by atoms with van der Waals surface area (Å²) in [5, 5.41) is 7.76. The number of ether oxygens (including phenoxy) is 2. The van der Waals surface area contributed by atoms with Crippen molar-refractivity contribution in [3.8, 4) is 11.5 Å². The van der Waals surface area contributed by atoms with Gasteiger partial charge in [-0.1, -0.05) is 25.1 Å². The molecule has 0 saturated heterocycles. The Morgan fingerprint density at radius 1 is 1.10 bits per heavy atom. The van der Waals surface area contributed by atoms with Gasteiger partial charge < -0.3 is 14.8 Å². The molecule has 2 aromatic rings. The summed E-state index contributed by atoms with van der Waals surface area (Å²) in [5.41, 5.74) is 1.77. The van der Waals surface area contributed by atoms with Crippen molar-refractivity contribution in [2.45, 2.75) is 26.0 Å². The maximum Gasteiger partial charge on any atom is 0.248 e. The van der Waals surface area contributed by atoms with Gasteiger partial charge in [0.1, 0.15) is 0 Å². The number of rotatable bonds is 10. The molecule has 0 aromatic heterocycles. The van der Waals surface area contributed by atoms with Gasteiger partial charge in [-0.05, 0) is 54.8 Å². The minimum Gasteiger partial charge on any atom is -0.490 e. The van der Waals surface area contributed by atoms with E-state index in [9.17, 15) is 13.2 Å². The maximum atomic E-state index is 12.2. The molecule has 0 spiro atoms. The topological polar surface area (TPSA) is 108 Å². The second-order valence-electron chi connectivity index (χ2n) is 6.32. The lowest BCUT2D eigenvalue weighted by Gasteiger charge is -2.12. The van der Waals surface area contributed by atoms with E-state index < -0.39 is 10.0 Å². The molecule has 0 fully saturated rings. The van der Waals surface area contributed by atoms with E-state index in [1.165, 1.54) is 6.08 Å². The van der Waals surface area contributed by atoms with Gasteiger partial charge in [0, 0.05) is 11.8 Å². The number of carbonyl (C=O) groups excluding carboxylic acids is 1. The lowest BCUT2D eigenvalue weighted by Crippen LogP contribution is -2.15. The van der Waals surface area contributed by atoms with Gasteiger partial charge in [0.2, 0.25) is 15.9 Å². The average molecular weight is 419 g/mol. The number of carbonyl (C=O) groups is 1. The number of nitrogens with two attached hydrogens (primary N) is 1. The summed E-state index contributed by atoms with van der Waals surface area (Å²) in [6.07, 6.45) is 3.95. The van der Waals surface area contributed by atoms with Crippen LogP contribution in [0.5, 0.6) is 11.5 Å². The van der Waals surface area contributed by atoms with E-state index in [0.717, 1.165) is 12.0 Å². The molecule has 0 unspecified atom stereocenters. The van der Waals surface area contributed by atoms with Crippen molar-refractivity contribution in [2.75, 3.05) is 18.5 Å². The first-order valence-corrected chi connectivity index (χ1v) is 11.0. The van der Waals surface area contributed by atoms with Crippen LogP contribution in [-0.2, 0) is 20.6 Å². The largest absolute Gasteiger partial charge is 0.490 e. The van der Waals surface area contributed by atoms with E-state index in [0.29, 0.717) is 36.0 Å². The monoisotopic (exact) mass is 418 g/mol. The Morgan fingerprint density at radius 2 is 1.90 bits per heavy atom. The van der Waals surface area contributed by atoms with E-state index in [4.69, 9.17) is 14.6 Å². The van der Waals surface area contributed by atoms with Gasteiger partial charge in [-0.2, -0.15) is 0 Å². The van der Waals surface area contributed by atoms with Crippen molar-refractivity contribution in [3.63, 3.8) is 0 Å². The highest BCUT2D eigenvalue weighted by molar-refractivity contribution is 7.88. The van der Waals surface area contributed by atoms with Crippen molar-refractivity contribution < 1.29 is 22.7 Å². The van der Waals surface area contributed by atoms with Crippen molar-refractivity contribution in [1.82, 2.24) is 0 Å². The van der Waals surface area contributed by atoms with Crippen molar-refractivity contribution in [2.24, 2.45) is 5.14 Å². The first-order chi connectivity index (χ1) is 13.8. The Labute approximate surface area is 171 Å². The number of primary sulfonamides is 1. The third kappa shape index (κ3) is 7.97. The van der Waals surface area contributed by atoms with Gasteiger partial charge >= 0.3 is 0 Å². The third-order valence-electron chi connectivity index (χ3n) is 3.72. The van der Waals surface area contributed by atoms with E-state index in [1.807, 2.05) is 32.0 Å². The highest BCUT2D eigenvalue weighted by atomic mass is 32.2. The van der Waals surface area contributed by atoms with E-state index in [1.54, 1.807) is 30.3 Å². The summed E-state index contributed by atoms with van der Waals surface area (Å²) in [7, 11) is -3.64. The molecule has 156 valence electrons. The normalized spacial score (nSPS) is 11.4. The molecule has 0 aliphatic heterocycles. The van der Waals surface area contributed by atoms with Gasteiger partial charge in [-0.15, -0.1) is 0 Å². The number of benzene rings is 2. The molecule has 0 radical (unpaired) electrons. The highest BCUT2D eigenvalue weighted by Gasteiger charge is 2.07. The summed E-state index contributed by atoms with van der Waals surface area (Å²) in [5.74, 6) is 0.655. The Bertz CT molecular complexity index is 971. The Hall–Kier alpha value is -2.84. The summed E-state index contributed by atoms with van der Waals surface area (Å²) >= 11 is 0. The molecule has 2 rings (SSSR count). The van der Waals surface area contributed by atoms with E-state index >= 15 is 0 Å². The van der Waals surface area contributed by atoms with Crippen LogP contribution in [0, 0.1) is 0 Å². The second kappa shape index (κ2) is 10.6. The van der Waals surface area contributed by atoms with Crippen LogP contribution < -0.4 is 19.9 Å². The molecular weight excluding hydrogens is 392 g/mol. The number of anilines is 1. The zero-order valence-electron chi connectivity index (χ0n) is 16.6. The fourth-order valence-electron chi connectivity index (χ4n) is 2.55. The zero-order valence-corrected chi connectivity index (χ0v) is 17.4. The molecule has 2 aromatic carbocycles. The SMILES string of the molecule is CCCOc1ccc(/C=C/C(=O)Nc2cccc(CS(N)(=O)=O)c2)cc1OCC. The number of amides is 1. The van der Waals surface area contributed by atoms with Gasteiger partial charge in [-0.25, -0.2) is 13.6 Å². The van der Waals surface area contributed by atoms with Crippen LogP contribution in [0.1, 0.15) is 31.4 Å². The third-order valence-corrected chi connectivity index (χ3v) is 4.45. The molecule has 8 heteroatoms. The smallest absolute Gasteiger partial charge is 0.248 e. The molecule has 0 bridgehead atoms. The van der Waals surface area contributed by atoms with Gasteiger partial charge in [0.15, 0.2) is 11.5 Å². The Kier molecular flexibility index (Phi) is 8.23. The van der Waals surface area contributed by atoms with Crippen LogP contribution in [0.15, 0.2) is 48.5 Å². The number of hydrogen-bond acceptors (Lipinski definition) is 5. The van der Waals surface area contributed by atoms with Crippen LogP contribution in [0.4, 0.5) is 5.69 Å². The Morgan fingerprint density at radius 3 is 2.59 bits per heavy atom. The summed E-state index contributed by atoms with van der Waals surface area (Å²) in [4.78, 5) is 12.2. The number of sulfonamides is 1. The van der Waals surface area contributed by atoms with Crippen LogP contribution in [-0.4, -0.2) is 27.5 Å². The number of nitrogens with one attached hydrogen (secondary N) is 1. The molecule has 3 N–H and O–H groups in total. The molecule has 7 nitrogen and oxygen atoms in total. The molecular formula is C21H26N2O5S. The molecule has 0 saturated carbocycles. The van der Waals surface area contributed by atoms with E-state index in [-0.39, 0.29) is 11.7 Å². The Balaban J connectivity index is 2.06. The standard InChI is InChI=1S/C21H26N2O5S/c1-3-12-28-19-10-8-16(14-20(19)27-4-2)9-11-21(24)23-18-7-5-6-17(13-18)15-29(22,25)26/h5-11,13-14H,3-4,12,15H2,1-2H3,(H,23,24)(H2,22,25,26)/b11-9+. The fourth-order valence-corrected chi connectivity index (χ4v) is 3.20. The van der Waals surface area contributed by atoms with E-state index in [2.05, 4.69) is 5.32 Å². The summed E-state index contributed by atoms with van der Waals surface area (Å²) in [6.45, 7) is 5.03. The predicted octanol–water partition coefficient (Wildman–Crippen LogP) is 3.31. The second-order valence-corrected chi connectivity index (χ2v) is 7.93. The van der Waals surface area contributed by atoms with Crippen LogP contribution in [0.2, 0.25) is 0 Å². The molecule has 0 heterocycles. The summed E-state index contributed by atoms with van der Waals surface area (Å²) < 4.78 is 33.7. The minimum absolute atomic E-state index is 0.292. The van der Waals surface area contributed by atoms with Gasteiger partial charge in [0.25, 0.3) is 0 Å². The molecule has 1 amide bonds. The van der Waals surface area contributed by atoms with Crippen LogP contribution in [0.25, 0.3) is 6.08 Å². The summed E-state index contributed by atoms with van der Waals surface area (Å²) in [6, 6.07) is 12.0. The molecule has 0 aliphatic carbocycles. The van der Waals surface area contributed by atoms with Gasteiger partial charge in [0.05, 0.1) is 19.0 Å². The quantitative estimate of drug-likeness (QED) is 0.576. The number of hydrogen-bond donors (Lipinski definition) is 2.